The van der Waals surface area contributed by atoms with Gasteiger partial charge in [-0.2, -0.15) is 0 Å². The molecule has 3 N–H and O–H groups in total. The number of aryl methyl sites for hydroxylation is 1. The number of rotatable bonds is 6. The summed E-state index contributed by atoms with van der Waals surface area (Å²) < 4.78 is 0.0266. The van der Waals surface area contributed by atoms with E-state index in [1.165, 1.54) is 49.0 Å². The van der Waals surface area contributed by atoms with Crippen LogP contribution in [0.3, 0.4) is 0 Å². The van der Waals surface area contributed by atoms with E-state index in [9.17, 15) is 9.90 Å². The number of hydrogen-bond acceptors (Lipinski definition) is 3. The van der Waals surface area contributed by atoms with E-state index in [0.717, 1.165) is 17.7 Å². The molecule has 0 aliphatic heterocycles. The van der Waals surface area contributed by atoms with E-state index in [1.54, 1.807) is 12.1 Å². The monoisotopic (exact) mass is 400 g/mol. The fraction of sp³-hybridized carbons (Fsp3) is 0.588. The van der Waals surface area contributed by atoms with Gasteiger partial charge in [-0.05, 0) is 0 Å². The van der Waals surface area contributed by atoms with E-state index in [0.29, 0.717) is 10.9 Å². The molecule has 1 aromatic carbocycles. The molecule has 1 saturated carbocycles. The Hall–Kier alpha value is -0.702. The Kier molecular flexibility index (Phi) is 7.26. The van der Waals surface area contributed by atoms with E-state index in [-0.39, 0.29) is 10.6 Å². The molecule has 1 amide bonds. The van der Waals surface area contributed by atoms with Gasteiger partial charge in [0.2, 0.25) is 0 Å². The second-order valence-electron chi connectivity index (χ2n) is 6.42. The van der Waals surface area contributed by atoms with Crippen LogP contribution in [0, 0.1) is 12.8 Å². The number of carbonyl (C=O) groups is 1. The Labute approximate surface area is 151 Å². The number of anilines is 1. The van der Waals surface area contributed by atoms with Crippen molar-refractivity contribution >= 4 is 40.0 Å². The van der Waals surface area contributed by atoms with Crippen LogP contribution < -0.4 is 10.9 Å². The van der Waals surface area contributed by atoms with E-state index in [2.05, 4.69) is 10.9 Å². The minimum absolute atomic E-state index is 0.0266. The number of amides is 1. The molecule has 3 atom stereocenters. The summed E-state index contributed by atoms with van der Waals surface area (Å²) in [6.45, 7) is 1.91. The molecule has 4 nitrogen and oxygen atoms in total. The van der Waals surface area contributed by atoms with Gasteiger partial charge < -0.3 is 0 Å². The number of aliphatic hydroxyl groups excluding tert-OH is 1. The van der Waals surface area contributed by atoms with Crippen LogP contribution in [0.1, 0.15) is 44.1 Å². The number of halogens is 1. The summed E-state index contributed by atoms with van der Waals surface area (Å²) in [5.74, 6) is 0.291. The first kappa shape index (κ1) is 18.6. The third kappa shape index (κ3) is 5.70. The zero-order chi connectivity index (χ0) is 16.8. The summed E-state index contributed by atoms with van der Waals surface area (Å²) in [4.78, 5) is 12.1. The van der Waals surface area contributed by atoms with Crippen LogP contribution in [-0.4, -0.2) is 34.0 Å². The Bertz CT molecular complexity index is 535. The molecule has 0 aromatic heterocycles. The molecule has 128 valence electrons. The number of aliphatic hydroxyl groups is 1. The summed E-state index contributed by atoms with van der Waals surface area (Å²) in [5.41, 5.74) is 7.19. The zero-order valence-corrected chi connectivity index (χ0v) is 16.7. The molecular formula is C17H26AsClN2O2. The second kappa shape index (κ2) is 8.96. The number of hydrogen-bond donors (Lipinski definition) is 3. The third-order valence-corrected chi connectivity index (χ3v) is 6.08. The third-order valence-electron chi connectivity index (χ3n) is 4.51. The SMILES string of the molecule is Cc1cc(Cl)ccc1NNC(=O)C(O)[C@H]([AsH2])CC1CCCCC1. The topological polar surface area (TPSA) is 61.4 Å². The first-order valence-corrected chi connectivity index (χ1v) is 10.0. The standard InChI is InChI=1S/C17H26AsClN2O2/c1-11-9-13(19)7-8-15(11)20-21-17(23)16(22)14(18)10-12-5-3-2-4-6-12/h7-9,12,14,16,20,22H,2-6,10,18H2,1H3,(H,21,23)/t14-,16?/m1/s1. The average molecular weight is 401 g/mol. The van der Waals surface area contributed by atoms with Gasteiger partial charge in [-0.1, -0.05) is 0 Å². The maximum absolute atomic E-state index is 12.1. The number of nitrogens with one attached hydrogen (secondary N) is 2. The van der Waals surface area contributed by atoms with Gasteiger partial charge in [-0.25, -0.2) is 0 Å². The first-order valence-electron chi connectivity index (χ1n) is 8.23. The van der Waals surface area contributed by atoms with E-state index >= 15 is 0 Å². The number of hydrazine groups is 1. The van der Waals surface area contributed by atoms with Gasteiger partial charge in [0.25, 0.3) is 0 Å². The Morgan fingerprint density at radius 3 is 2.74 bits per heavy atom. The summed E-state index contributed by atoms with van der Waals surface area (Å²) >= 11 is 7.35. The first-order chi connectivity index (χ1) is 11.0. The van der Waals surface area contributed by atoms with Crippen molar-refractivity contribution in [3.63, 3.8) is 0 Å². The van der Waals surface area contributed by atoms with Crippen molar-refractivity contribution in [1.82, 2.24) is 5.43 Å². The van der Waals surface area contributed by atoms with Crippen LogP contribution in [-0.2, 0) is 4.79 Å². The quantitative estimate of drug-likeness (QED) is 0.508. The maximum atomic E-state index is 12.1. The van der Waals surface area contributed by atoms with Crippen molar-refractivity contribution in [2.24, 2.45) is 5.92 Å². The van der Waals surface area contributed by atoms with E-state index < -0.39 is 6.10 Å². The van der Waals surface area contributed by atoms with Crippen LogP contribution >= 0.6 is 11.6 Å². The van der Waals surface area contributed by atoms with Crippen molar-refractivity contribution < 1.29 is 9.90 Å². The molecule has 0 spiro atoms. The van der Waals surface area contributed by atoms with Crippen molar-refractivity contribution in [1.29, 1.82) is 0 Å². The molecule has 0 heterocycles. The van der Waals surface area contributed by atoms with Gasteiger partial charge in [0.1, 0.15) is 0 Å². The number of benzene rings is 1. The molecule has 1 aliphatic rings. The predicted molar refractivity (Wildman–Crippen MR) is 97.4 cm³/mol. The minimum atomic E-state index is -0.961. The second-order valence-corrected chi connectivity index (χ2v) is 8.65. The van der Waals surface area contributed by atoms with Crippen molar-refractivity contribution in [3.05, 3.63) is 28.8 Å². The van der Waals surface area contributed by atoms with Crippen LogP contribution in [0.4, 0.5) is 5.69 Å². The molecule has 1 fully saturated rings. The van der Waals surface area contributed by atoms with Gasteiger partial charge in [0.15, 0.2) is 0 Å². The Balaban J connectivity index is 1.81. The van der Waals surface area contributed by atoms with Gasteiger partial charge in [-0.15, -0.1) is 0 Å². The van der Waals surface area contributed by atoms with Crippen molar-refractivity contribution in [2.45, 2.75) is 56.3 Å². The molecule has 2 unspecified atom stereocenters. The van der Waals surface area contributed by atoms with Gasteiger partial charge in [0.05, 0.1) is 0 Å². The summed E-state index contributed by atoms with van der Waals surface area (Å²) in [6, 6.07) is 5.38. The van der Waals surface area contributed by atoms with E-state index in [1.807, 2.05) is 13.0 Å². The summed E-state index contributed by atoms with van der Waals surface area (Å²) in [6.07, 6.45) is 6.33. The fourth-order valence-electron chi connectivity index (χ4n) is 3.10. The molecule has 0 radical (unpaired) electrons. The van der Waals surface area contributed by atoms with Crippen molar-refractivity contribution in [2.75, 3.05) is 5.43 Å². The molecule has 0 bridgehead atoms. The average Bonchev–Trinajstić information content (AvgIpc) is 2.54. The van der Waals surface area contributed by atoms with Crippen LogP contribution in [0.25, 0.3) is 0 Å². The normalized spacial score (nSPS) is 18.3. The predicted octanol–water partition coefficient (Wildman–Crippen LogP) is 2.84. The summed E-state index contributed by atoms with van der Waals surface area (Å²) in [7, 11) is 0. The summed E-state index contributed by atoms with van der Waals surface area (Å²) in [5, 5.41) is 10.9. The Morgan fingerprint density at radius 2 is 2.09 bits per heavy atom. The van der Waals surface area contributed by atoms with E-state index in [4.69, 9.17) is 11.6 Å². The molecule has 2 rings (SSSR count). The zero-order valence-electron chi connectivity index (χ0n) is 13.5. The molecule has 1 aromatic rings. The molecule has 23 heavy (non-hydrogen) atoms. The van der Waals surface area contributed by atoms with Crippen LogP contribution in [0.15, 0.2) is 18.2 Å². The van der Waals surface area contributed by atoms with Gasteiger partial charge >= 0.3 is 152 Å². The molecule has 6 heteroatoms. The number of carbonyl (C=O) groups excluding carboxylic acids is 1. The van der Waals surface area contributed by atoms with Crippen LogP contribution in [0.2, 0.25) is 9.73 Å². The Morgan fingerprint density at radius 1 is 1.39 bits per heavy atom. The van der Waals surface area contributed by atoms with Gasteiger partial charge in [-0.3, -0.25) is 0 Å². The van der Waals surface area contributed by atoms with Crippen molar-refractivity contribution in [3.8, 4) is 0 Å². The van der Waals surface area contributed by atoms with Gasteiger partial charge in [0, 0.05) is 0 Å². The fourth-order valence-corrected chi connectivity index (χ4v) is 4.50. The molecule has 0 saturated heterocycles. The van der Waals surface area contributed by atoms with Crippen LogP contribution in [0.5, 0.6) is 0 Å². The molecule has 1 aliphatic carbocycles. The molecular weight excluding hydrogens is 375 g/mol.